The van der Waals surface area contributed by atoms with Crippen LogP contribution in [0.3, 0.4) is 0 Å². The van der Waals surface area contributed by atoms with Gasteiger partial charge in [0.2, 0.25) is 0 Å². The molecule has 4 heteroatoms. The Labute approximate surface area is 119 Å². The summed E-state index contributed by atoms with van der Waals surface area (Å²) in [6.07, 6.45) is 4.96. The van der Waals surface area contributed by atoms with E-state index in [1.54, 1.807) is 12.1 Å². The molecule has 0 unspecified atom stereocenters. The zero-order valence-electron chi connectivity index (χ0n) is 11.2. The Morgan fingerprint density at radius 3 is 2.63 bits per heavy atom. The van der Waals surface area contributed by atoms with Crippen LogP contribution in [-0.2, 0) is 0 Å². The van der Waals surface area contributed by atoms with E-state index in [0.29, 0.717) is 10.6 Å². The highest BCUT2D eigenvalue weighted by atomic mass is 35.5. The molecule has 1 amide bonds. The average molecular weight is 282 g/mol. The number of aliphatic hydroxyl groups is 1. The van der Waals surface area contributed by atoms with Crippen LogP contribution in [0.4, 0.5) is 0 Å². The van der Waals surface area contributed by atoms with E-state index in [1.807, 2.05) is 13.0 Å². The Morgan fingerprint density at radius 2 is 2.05 bits per heavy atom. The number of carbonyl (C=O) groups is 1. The van der Waals surface area contributed by atoms with Crippen molar-refractivity contribution < 1.29 is 9.90 Å². The normalized spacial score (nSPS) is 18.1. The van der Waals surface area contributed by atoms with Gasteiger partial charge in [-0.05, 0) is 37.5 Å². The van der Waals surface area contributed by atoms with Crippen LogP contribution in [0.5, 0.6) is 0 Å². The van der Waals surface area contributed by atoms with Gasteiger partial charge >= 0.3 is 0 Å². The number of benzene rings is 1. The Hall–Kier alpha value is -1.06. The molecule has 0 radical (unpaired) electrons. The van der Waals surface area contributed by atoms with Gasteiger partial charge in [-0.3, -0.25) is 4.79 Å². The molecule has 1 aromatic rings. The topological polar surface area (TPSA) is 49.3 Å². The number of carbonyl (C=O) groups excluding carboxylic acids is 1. The second-order valence-electron chi connectivity index (χ2n) is 5.42. The van der Waals surface area contributed by atoms with Crippen LogP contribution >= 0.6 is 11.6 Å². The third-order valence-corrected chi connectivity index (χ3v) is 4.33. The number of rotatable bonds is 3. The number of aliphatic hydroxyl groups excluding tert-OH is 1. The van der Waals surface area contributed by atoms with E-state index >= 15 is 0 Å². The van der Waals surface area contributed by atoms with E-state index in [2.05, 4.69) is 5.32 Å². The molecular weight excluding hydrogens is 262 g/mol. The summed E-state index contributed by atoms with van der Waals surface area (Å²) in [7, 11) is 0. The first-order valence-electron chi connectivity index (χ1n) is 6.76. The molecule has 3 nitrogen and oxygen atoms in total. The van der Waals surface area contributed by atoms with Gasteiger partial charge in [0.25, 0.3) is 5.91 Å². The van der Waals surface area contributed by atoms with Crippen molar-refractivity contribution in [2.45, 2.75) is 44.6 Å². The van der Waals surface area contributed by atoms with Gasteiger partial charge < -0.3 is 10.4 Å². The number of hydrogen-bond donors (Lipinski definition) is 2. The molecule has 0 aliphatic heterocycles. The predicted octanol–water partition coefficient (Wildman–Crippen LogP) is 3.07. The van der Waals surface area contributed by atoms with Crippen LogP contribution < -0.4 is 5.32 Å². The molecule has 1 fully saturated rings. The van der Waals surface area contributed by atoms with Crippen molar-refractivity contribution in [3.8, 4) is 0 Å². The molecule has 0 bridgehead atoms. The maximum atomic E-state index is 12.3. The van der Waals surface area contributed by atoms with Gasteiger partial charge in [-0.1, -0.05) is 36.9 Å². The van der Waals surface area contributed by atoms with Crippen molar-refractivity contribution in [2.24, 2.45) is 0 Å². The van der Waals surface area contributed by atoms with Crippen LogP contribution in [0.1, 0.15) is 48.0 Å². The number of amides is 1. The Kier molecular flexibility index (Phi) is 4.48. The number of nitrogens with one attached hydrogen (secondary N) is 1. The van der Waals surface area contributed by atoms with Crippen LogP contribution in [0, 0.1) is 6.92 Å². The quantitative estimate of drug-likeness (QED) is 0.894. The van der Waals surface area contributed by atoms with E-state index < -0.39 is 5.54 Å². The molecule has 1 aromatic carbocycles. The molecule has 19 heavy (non-hydrogen) atoms. The number of hydrogen-bond acceptors (Lipinski definition) is 2. The lowest BCUT2D eigenvalue weighted by atomic mass is 9.82. The summed E-state index contributed by atoms with van der Waals surface area (Å²) in [6.45, 7) is 1.90. The Morgan fingerprint density at radius 1 is 1.37 bits per heavy atom. The Balaban J connectivity index is 2.12. The summed E-state index contributed by atoms with van der Waals surface area (Å²) in [4.78, 5) is 12.3. The largest absolute Gasteiger partial charge is 0.394 e. The van der Waals surface area contributed by atoms with Crippen molar-refractivity contribution in [1.29, 1.82) is 0 Å². The second-order valence-corrected chi connectivity index (χ2v) is 5.82. The van der Waals surface area contributed by atoms with Gasteiger partial charge in [0.15, 0.2) is 0 Å². The summed E-state index contributed by atoms with van der Waals surface area (Å²) in [5, 5.41) is 13.2. The maximum Gasteiger partial charge on any atom is 0.251 e. The van der Waals surface area contributed by atoms with Gasteiger partial charge in [0.05, 0.1) is 12.1 Å². The SMILES string of the molecule is Cc1ccc(C(=O)NC2(CO)CCCCC2)cc1Cl. The second kappa shape index (κ2) is 5.93. The van der Waals surface area contributed by atoms with Crippen molar-refractivity contribution >= 4 is 17.5 Å². The minimum atomic E-state index is -0.452. The van der Waals surface area contributed by atoms with Crippen molar-refractivity contribution in [3.63, 3.8) is 0 Å². The first-order chi connectivity index (χ1) is 9.06. The summed E-state index contributed by atoms with van der Waals surface area (Å²) in [6, 6.07) is 5.29. The van der Waals surface area contributed by atoms with Gasteiger partial charge in [-0.15, -0.1) is 0 Å². The zero-order chi connectivity index (χ0) is 13.9. The van der Waals surface area contributed by atoms with E-state index in [1.165, 1.54) is 6.42 Å². The van der Waals surface area contributed by atoms with E-state index in [9.17, 15) is 9.90 Å². The average Bonchev–Trinajstić information content (AvgIpc) is 2.43. The fourth-order valence-electron chi connectivity index (χ4n) is 2.60. The molecule has 1 aliphatic rings. The number of halogens is 1. The Bertz CT molecular complexity index is 467. The van der Waals surface area contributed by atoms with Crippen LogP contribution in [0.15, 0.2) is 18.2 Å². The standard InChI is InChI=1S/C15H20ClNO2/c1-11-5-6-12(9-13(11)16)14(19)17-15(10-18)7-3-2-4-8-15/h5-6,9,18H,2-4,7-8,10H2,1H3,(H,17,19). The molecular formula is C15H20ClNO2. The molecule has 1 saturated carbocycles. The third-order valence-electron chi connectivity index (χ3n) is 3.93. The molecule has 0 aromatic heterocycles. The van der Waals surface area contributed by atoms with E-state index in [4.69, 9.17) is 11.6 Å². The van der Waals surface area contributed by atoms with Crippen LogP contribution in [-0.4, -0.2) is 23.2 Å². The van der Waals surface area contributed by atoms with Crippen LogP contribution in [0.25, 0.3) is 0 Å². The van der Waals surface area contributed by atoms with Gasteiger partial charge in [-0.2, -0.15) is 0 Å². The lowest BCUT2D eigenvalue weighted by Crippen LogP contribution is -2.52. The molecule has 0 spiro atoms. The molecule has 104 valence electrons. The molecule has 1 aliphatic carbocycles. The first-order valence-corrected chi connectivity index (χ1v) is 7.14. The van der Waals surface area contributed by atoms with Gasteiger partial charge in [0, 0.05) is 10.6 Å². The summed E-state index contributed by atoms with van der Waals surface area (Å²) < 4.78 is 0. The first kappa shape index (κ1) is 14.4. The smallest absolute Gasteiger partial charge is 0.251 e. The van der Waals surface area contributed by atoms with Gasteiger partial charge in [-0.25, -0.2) is 0 Å². The molecule has 2 rings (SSSR count). The predicted molar refractivity (Wildman–Crippen MR) is 76.6 cm³/mol. The summed E-state index contributed by atoms with van der Waals surface area (Å²) in [5.74, 6) is -0.155. The molecule has 0 atom stereocenters. The lowest BCUT2D eigenvalue weighted by Gasteiger charge is -2.36. The lowest BCUT2D eigenvalue weighted by molar-refractivity contribution is 0.0758. The highest BCUT2D eigenvalue weighted by molar-refractivity contribution is 6.31. The van der Waals surface area contributed by atoms with Gasteiger partial charge in [0.1, 0.15) is 0 Å². The van der Waals surface area contributed by atoms with E-state index in [0.717, 1.165) is 31.2 Å². The van der Waals surface area contributed by atoms with Crippen molar-refractivity contribution in [1.82, 2.24) is 5.32 Å². The highest BCUT2D eigenvalue weighted by Gasteiger charge is 2.33. The molecule has 0 heterocycles. The van der Waals surface area contributed by atoms with E-state index in [-0.39, 0.29) is 12.5 Å². The highest BCUT2D eigenvalue weighted by Crippen LogP contribution is 2.28. The fourth-order valence-corrected chi connectivity index (χ4v) is 2.78. The third kappa shape index (κ3) is 3.28. The summed E-state index contributed by atoms with van der Waals surface area (Å²) >= 11 is 6.04. The fraction of sp³-hybridized carbons (Fsp3) is 0.533. The van der Waals surface area contributed by atoms with Crippen molar-refractivity contribution in [2.75, 3.05) is 6.61 Å². The maximum absolute atomic E-state index is 12.3. The summed E-state index contributed by atoms with van der Waals surface area (Å²) in [5.41, 5.74) is 1.05. The van der Waals surface area contributed by atoms with Crippen molar-refractivity contribution in [3.05, 3.63) is 34.3 Å². The minimum Gasteiger partial charge on any atom is -0.394 e. The molecule has 2 N–H and O–H groups in total. The molecule has 0 saturated heterocycles. The zero-order valence-corrected chi connectivity index (χ0v) is 12.0. The monoisotopic (exact) mass is 281 g/mol. The minimum absolute atomic E-state index is 0.00165. The van der Waals surface area contributed by atoms with Crippen LogP contribution in [0.2, 0.25) is 5.02 Å². The number of aryl methyl sites for hydroxylation is 1.